The van der Waals surface area contributed by atoms with Crippen molar-refractivity contribution in [1.82, 2.24) is 0 Å². The molecule has 0 unspecified atom stereocenters. The van der Waals surface area contributed by atoms with E-state index in [1.165, 1.54) is 27.9 Å². The van der Waals surface area contributed by atoms with E-state index in [1.807, 2.05) is 0 Å². The molecule has 1 aliphatic carbocycles. The molecule has 2 aromatic carbocycles. The zero-order valence-corrected chi connectivity index (χ0v) is 43.5. The van der Waals surface area contributed by atoms with Crippen LogP contribution in [0.5, 0.6) is 17.2 Å². The van der Waals surface area contributed by atoms with Crippen molar-refractivity contribution in [3.63, 3.8) is 0 Å². The predicted octanol–water partition coefficient (Wildman–Crippen LogP) is 0.594. The molecule has 2 aromatic rings. The molecule has 5 saturated heterocycles. The fraction of sp³-hybridized carbons (Fsp3) is 0.750. The maximum absolute atomic E-state index is 15.0. The summed E-state index contributed by atoms with van der Waals surface area (Å²) in [6, 6.07) is 3.11. The van der Waals surface area contributed by atoms with Crippen LogP contribution in [0.15, 0.2) is 12.1 Å². The number of ketones is 2. The first kappa shape index (κ1) is 57.9. The summed E-state index contributed by atoms with van der Waals surface area (Å²) in [7, 11) is 1.27. The van der Waals surface area contributed by atoms with Gasteiger partial charge >= 0.3 is 0 Å². The van der Waals surface area contributed by atoms with Crippen LogP contribution in [0.1, 0.15) is 102 Å². The SMILES string of the molecule is CO[C@H](C(=O)[CH][C@@H](C)O)[C@@H]1Cc2cc3cc(O[C@H]4C[C@@H](O[C@H]5C[C@@H](O)[C@H](O)[C@@H](C)O5)[C@@H](O)[C@@H](C)O4)c(C)c(O)c3c(O)c2C(=O)[C@H]1O[C@H]1C[C@@H](O[C@H]2C[C@@H](O[C@H]3C[C@](C)(O)[C@H](O)[C@@H](C)O3)[C@H](O)[C@@H](C)O2)[C@H](O)[C@@H](C)O1. The van der Waals surface area contributed by atoms with Crippen molar-refractivity contribution in [2.45, 2.75) is 235 Å². The highest BCUT2D eigenvalue weighted by Crippen LogP contribution is 2.47. The number of ether oxygens (including phenoxy) is 11. The second-order valence-electron chi connectivity index (χ2n) is 21.4. The number of methoxy groups -OCH3 is 1. The Hall–Kier alpha value is -3.28. The lowest BCUT2D eigenvalue weighted by atomic mass is 9.75. The largest absolute Gasteiger partial charge is 0.507 e. The number of phenolic OH excluding ortho intramolecular Hbond substituents is 2. The van der Waals surface area contributed by atoms with E-state index < -0.39 is 170 Å². The van der Waals surface area contributed by atoms with Gasteiger partial charge in [0, 0.05) is 50.7 Å². The van der Waals surface area contributed by atoms with E-state index in [9.17, 15) is 60.7 Å². The molecule has 23 heteroatoms. The second-order valence-corrected chi connectivity index (χ2v) is 21.4. The summed E-state index contributed by atoms with van der Waals surface area (Å²) < 4.78 is 66.7. The number of fused-ring (bicyclic) bond motifs is 2. The van der Waals surface area contributed by atoms with Crippen molar-refractivity contribution in [1.29, 1.82) is 0 Å². The Morgan fingerprint density at radius 2 is 1.20 bits per heavy atom. The van der Waals surface area contributed by atoms with Gasteiger partial charge in [-0.1, -0.05) is 0 Å². The Morgan fingerprint density at radius 1 is 0.707 bits per heavy atom. The number of hydrogen-bond acceptors (Lipinski definition) is 23. The first-order valence-corrected chi connectivity index (χ1v) is 25.8. The van der Waals surface area contributed by atoms with Crippen LogP contribution in [0, 0.1) is 19.3 Å². The first-order valence-electron chi connectivity index (χ1n) is 25.8. The molecule has 421 valence electrons. The molecule has 24 atom stereocenters. The molecule has 0 saturated carbocycles. The van der Waals surface area contributed by atoms with E-state index in [0.717, 1.165) is 6.42 Å². The monoisotopic (exact) mass is 1070 g/mol. The number of aliphatic hydroxyl groups is 8. The van der Waals surface area contributed by atoms with E-state index in [0.29, 0.717) is 0 Å². The average molecular weight is 1070 g/mol. The average Bonchev–Trinajstić information content (AvgIpc) is 3.32. The molecule has 1 radical (unpaired) electrons. The molecule has 8 rings (SSSR count). The van der Waals surface area contributed by atoms with Crippen molar-refractivity contribution >= 4 is 22.3 Å². The van der Waals surface area contributed by atoms with Gasteiger partial charge in [-0.2, -0.15) is 0 Å². The van der Waals surface area contributed by atoms with Gasteiger partial charge in [-0.05, 0) is 84.9 Å². The lowest BCUT2D eigenvalue weighted by Gasteiger charge is -2.46. The zero-order valence-electron chi connectivity index (χ0n) is 43.5. The summed E-state index contributed by atoms with van der Waals surface area (Å²) in [6.45, 7) is 12.4. The molecule has 0 aromatic heterocycles. The summed E-state index contributed by atoms with van der Waals surface area (Å²) >= 11 is 0. The van der Waals surface area contributed by atoms with E-state index >= 15 is 0 Å². The van der Waals surface area contributed by atoms with Gasteiger partial charge in [-0.3, -0.25) is 9.59 Å². The molecular formula is C52H75O23. The van der Waals surface area contributed by atoms with E-state index in [2.05, 4.69) is 0 Å². The smallest absolute Gasteiger partial charge is 0.202 e. The lowest BCUT2D eigenvalue weighted by molar-refractivity contribution is -0.334. The minimum absolute atomic E-state index is 0.0174. The normalized spacial score (nSPS) is 42.5. The van der Waals surface area contributed by atoms with Crippen LogP contribution in [-0.2, 0) is 58.6 Å². The van der Waals surface area contributed by atoms with Gasteiger partial charge in [-0.15, -0.1) is 0 Å². The summed E-state index contributed by atoms with van der Waals surface area (Å²) in [5.41, 5.74) is -1.31. The first-order chi connectivity index (χ1) is 35.3. The number of benzene rings is 2. The highest BCUT2D eigenvalue weighted by atomic mass is 16.7. The number of carbonyl (C=O) groups is 2. The van der Waals surface area contributed by atoms with Gasteiger partial charge in [0.15, 0.2) is 36.7 Å². The fourth-order valence-electron chi connectivity index (χ4n) is 11.3. The van der Waals surface area contributed by atoms with Crippen molar-refractivity contribution in [2.75, 3.05) is 7.11 Å². The maximum atomic E-state index is 15.0. The summed E-state index contributed by atoms with van der Waals surface area (Å²) in [6.07, 6.45) is -22.7. The van der Waals surface area contributed by atoms with Crippen LogP contribution < -0.4 is 4.74 Å². The van der Waals surface area contributed by atoms with Gasteiger partial charge in [0.2, 0.25) is 6.29 Å². The third-order valence-electron chi connectivity index (χ3n) is 15.5. The Balaban J connectivity index is 1.03. The summed E-state index contributed by atoms with van der Waals surface area (Å²) in [5, 5.41) is 109. The highest BCUT2D eigenvalue weighted by Gasteiger charge is 2.51. The van der Waals surface area contributed by atoms with E-state index in [4.69, 9.17) is 52.1 Å². The molecule has 10 N–H and O–H groups in total. The predicted molar refractivity (Wildman–Crippen MR) is 257 cm³/mol. The van der Waals surface area contributed by atoms with Crippen molar-refractivity contribution in [3.05, 3.63) is 35.2 Å². The number of phenols is 2. The Kier molecular flexibility index (Phi) is 17.9. The quantitative estimate of drug-likeness (QED) is 0.117. The van der Waals surface area contributed by atoms with E-state index in [1.54, 1.807) is 46.8 Å². The Morgan fingerprint density at radius 3 is 1.73 bits per heavy atom. The third-order valence-corrected chi connectivity index (χ3v) is 15.5. The van der Waals surface area contributed by atoms with Crippen LogP contribution in [0.25, 0.3) is 10.8 Å². The molecule has 6 aliphatic rings. The molecule has 75 heavy (non-hydrogen) atoms. The maximum Gasteiger partial charge on any atom is 0.202 e. The highest BCUT2D eigenvalue weighted by molar-refractivity contribution is 6.11. The number of rotatable bonds is 15. The fourth-order valence-corrected chi connectivity index (χ4v) is 11.3. The lowest BCUT2D eigenvalue weighted by Crippen LogP contribution is -2.58. The summed E-state index contributed by atoms with van der Waals surface area (Å²) in [4.78, 5) is 28.8. The number of Topliss-reactive ketones (excluding diaryl/α,β-unsaturated/α-hetero) is 2. The standard InChI is InChI=1S/C52H75O23/c1-19(53)10-30(55)49(65-9)28-12-26-11-27-13-31(71-36-15-32(44(58)22(4)67-36)72-35-14-29(54)43(57)21(3)66-35)20(2)42(56)40(27)47(61)41(26)48(62)50(28)75-38-17-33(45(59)24(6)69-38)73-37-16-34(46(60)23(5)68-37)74-39-18-52(8,64)51(63)25(7)70-39/h10-11,13,19,21-25,28-29,32-39,43-46,49-51,53-54,56-61,63-64H,12,14-18H2,1-9H3/t19-,21-,22-,23-,24-,25-,28+,29-,32-,33-,34-,35+,36+,37+,38+,39+,43-,44+,45-,46-,49+,50+,51-,52+/m1/s1. The van der Waals surface area contributed by atoms with Gasteiger partial charge in [-0.25, -0.2) is 0 Å². The molecule has 0 amide bonds. The van der Waals surface area contributed by atoms with Gasteiger partial charge < -0.3 is 103 Å². The van der Waals surface area contributed by atoms with Crippen molar-refractivity contribution in [2.24, 2.45) is 5.92 Å². The van der Waals surface area contributed by atoms with Crippen molar-refractivity contribution < 1.29 is 113 Å². The zero-order chi connectivity index (χ0) is 54.7. The molecular weight excluding hydrogens is 993 g/mol. The molecule has 5 aliphatic heterocycles. The van der Waals surface area contributed by atoms with Crippen LogP contribution in [-0.4, -0.2) is 211 Å². The minimum Gasteiger partial charge on any atom is -0.507 e. The second kappa shape index (κ2) is 23.2. The number of carbonyl (C=O) groups excluding carboxylic acids is 2. The topological polar surface area (TPSA) is 338 Å². The van der Waals surface area contributed by atoms with Crippen LogP contribution >= 0.6 is 0 Å². The van der Waals surface area contributed by atoms with Gasteiger partial charge in [0.1, 0.15) is 60.0 Å². The molecule has 23 nitrogen and oxygen atoms in total. The number of aliphatic hydroxyl groups excluding tert-OH is 7. The third kappa shape index (κ3) is 12.2. The van der Waals surface area contributed by atoms with Crippen LogP contribution in [0.2, 0.25) is 0 Å². The van der Waals surface area contributed by atoms with Crippen molar-refractivity contribution in [3.8, 4) is 17.2 Å². The minimum atomic E-state index is -1.56. The molecule has 0 spiro atoms. The molecule has 5 fully saturated rings. The Labute approximate surface area is 434 Å². The van der Waals surface area contributed by atoms with Crippen LogP contribution in [0.4, 0.5) is 0 Å². The van der Waals surface area contributed by atoms with Gasteiger partial charge in [0.25, 0.3) is 0 Å². The van der Waals surface area contributed by atoms with E-state index in [-0.39, 0.29) is 71.7 Å². The Bertz CT molecular complexity index is 2320. The number of aromatic hydroxyl groups is 2. The summed E-state index contributed by atoms with van der Waals surface area (Å²) in [5.74, 6) is -3.44. The van der Waals surface area contributed by atoms with Gasteiger partial charge in [0.05, 0.1) is 84.0 Å². The van der Waals surface area contributed by atoms with Crippen LogP contribution in [0.3, 0.4) is 0 Å². The molecule has 0 bridgehead atoms. The number of hydrogen-bond donors (Lipinski definition) is 10. The molecule has 5 heterocycles.